The SMILES string of the molecule is C1=CCCC(CC2=COCC(=Nc3ncc(-c4ccccc4NC(CC4=CC=CCC4)C4=COC=CO4)o3)O2)=C1. The highest BCUT2D eigenvalue weighted by Crippen LogP contribution is 2.33. The van der Waals surface area contributed by atoms with Gasteiger partial charge in [-0.1, -0.05) is 59.7 Å². The lowest BCUT2D eigenvalue weighted by molar-refractivity contribution is 0.211. The number of hydrogen-bond donors (Lipinski definition) is 1. The molecule has 204 valence electrons. The van der Waals surface area contributed by atoms with E-state index in [-0.39, 0.29) is 18.7 Å². The van der Waals surface area contributed by atoms with Gasteiger partial charge in [0.05, 0.1) is 12.2 Å². The molecule has 0 bridgehead atoms. The summed E-state index contributed by atoms with van der Waals surface area (Å²) in [6, 6.07) is 8.00. The van der Waals surface area contributed by atoms with Crippen LogP contribution in [0.25, 0.3) is 11.3 Å². The number of allylic oxidation sites excluding steroid dienone is 7. The highest BCUT2D eigenvalue weighted by Gasteiger charge is 2.22. The van der Waals surface area contributed by atoms with E-state index < -0.39 is 0 Å². The Morgan fingerprint density at radius 2 is 1.82 bits per heavy atom. The fraction of sp³-hybridized carbons (Fsp3) is 0.250. The minimum Gasteiger partial charge on any atom is -0.488 e. The van der Waals surface area contributed by atoms with Crippen LogP contribution in [0.15, 0.2) is 124 Å². The van der Waals surface area contributed by atoms with Crippen molar-refractivity contribution >= 4 is 17.6 Å². The van der Waals surface area contributed by atoms with Crippen molar-refractivity contribution < 1.29 is 23.4 Å². The monoisotopic (exact) mass is 537 g/mol. The second-order valence-electron chi connectivity index (χ2n) is 9.76. The maximum atomic E-state index is 6.06. The van der Waals surface area contributed by atoms with Crippen LogP contribution in [0.3, 0.4) is 0 Å². The van der Waals surface area contributed by atoms with Gasteiger partial charge in [0.25, 0.3) is 0 Å². The van der Waals surface area contributed by atoms with Crippen LogP contribution in [-0.4, -0.2) is 23.5 Å². The van der Waals surface area contributed by atoms with Crippen molar-refractivity contribution in [1.82, 2.24) is 4.98 Å². The summed E-state index contributed by atoms with van der Waals surface area (Å²) in [5, 5.41) is 3.64. The molecule has 1 unspecified atom stereocenters. The van der Waals surface area contributed by atoms with Crippen LogP contribution in [0.2, 0.25) is 0 Å². The Hall–Kier alpha value is -4.72. The third-order valence-corrected chi connectivity index (χ3v) is 6.84. The Bertz CT molecular complexity index is 1470. The maximum absolute atomic E-state index is 6.06. The van der Waals surface area contributed by atoms with Crippen molar-refractivity contribution in [1.29, 1.82) is 0 Å². The number of aromatic nitrogens is 1. The molecule has 1 aromatic heterocycles. The first kappa shape index (κ1) is 25.6. The molecule has 1 atom stereocenters. The molecule has 2 aromatic rings. The number of nitrogens with one attached hydrogen (secondary N) is 1. The lowest BCUT2D eigenvalue weighted by Crippen LogP contribution is -2.25. The molecule has 6 rings (SSSR count). The zero-order chi connectivity index (χ0) is 27.0. The Kier molecular flexibility index (Phi) is 7.94. The number of rotatable bonds is 9. The van der Waals surface area contributed by atoms with Crippen molar-refractivity contribution in [2.24, 2.45) is 4.99 Å². The molecule has 8 nitrogen and oxygen atoms in total. The highest BCUT2D eigenvalue weighted by molar-refractivity contribution is 5.81. The summed E-state index contributed by atoms with van der Waals surface area (Å²) in [5.74, 6) is 2.42. The molecule has 0 spiro atoms. The highest BCUT2D eigenvalue weighted by atomic mass is 16.6. The molecule has 40 heavy (non-hydrogen) atoms. The number of nitrogens with zero attached hydrogens (tertiary/aromatic N) is 2. The molecular weight excluding hydrogens is 506 g/mol. The maximum Gasteiger partial charge on any atom is 0.325 e. The number of aliphatic imine (C=N–C) groups is 1. The number of benzene rings is 1. The van der Waals surface area contributed by atoms with E-state index in [4.69, 9.17) is 23.4 Å². The van der Waals surface area contributed by atoms with Crippen molar-refractivity contribution in [3.05, 3.63) is 115 Å². The zero-order valence-corrected chi connectivity index (χ0v) is 22.1. The predicted octanol–water partition coefficient (Wildman–Crippen LogP) is 7.73. The average molecular weight is 538 g/mol. The number of hydrogen-bond acceptors (Lipinski definition) is 8. The molecule has 8 heteroatoms. The minimum absolute atomic E-state index is 0.140. The largest absolute Gasteiger partial charge is 0.488 e. The predicted molar refractivity (Wildman–Crippen MR) is 153 cm³/mol. The standard InChI is InChI=1S/C32H31N3O5/c1-3-9-23(10-4-1)17-25-20-37-22-31(39-25)35-32-33-19-29(40-32)26-13-7-8-14-27(26)34-28(30-21-36-15-16-38-30)18-24-11-5-2-6-12-24/h1-3,5,7-9,11,13-16,19-21,28,34H,4,6,10,12,17-18,22H2. The number of para-hydroxylation sites is 1. The van der Waals surface area contributed by atoms with Crippen LogP contribution in [0, 0.1) is 0 Å². The summed E-state index contributed by atoms with van der Waals surface area (Å²) in [5.41, 5.74) is 4.38. The smallest absolute Gasteiger partial charge is 0.325 e. The van der Waals surface area contributed by atoms with Gasteiger partial charge >= 0.3 is 6.01 Å². The van der Waals surface area contributed by atoms with Crippen LogP contribution in [-0.2, 0) is 18.9 Å². The molecule has 0 fully saturated rings. The molecule has 3 heterocycles. The van der Waals surface area contributed by atoms with E-state index >= 15 is 0 Å². The van der Waals surface area contributed by atoms with E-state index in [0.717, 1.165) is 49.1 Å². The zero-order valence-electron chi connectivity index (χ0n) is 22.1. The van der Waals surface area contributed by atoms with Gasteiger partial charge in [0.15, 0.2) is 18.1 Å². The second-order valence-corrected chi connectivity index (χ2v) is 9.76. The van der Waals surface area contributed by atoms with Crippen molar-refractivity contribution in [2.45, 2.75) is 44.6 Å². The lowest BCUT2D eigenvalue weighted by atomic mass is 9.96. The molecule has 0 amide bonds. The summed E-state index contributed by atoms with van der Waals surface area (Å²) >= 11 is 0. The van der Waals surface area contributed by atoms with Gasteiger partial charge in [0, 0.05) is 17.7 Å². The van der Waals surface area contributed by atoms with Crippen LogP contribution >= 0.6 is 0 Å². The summed E-state index contributed by atoms with van der Waals surface area (Å²) in [6.45, 7) is 0.219. The third kappa shape index (κ3) is 6.46. The number of anilines is 1. The molecule has 2 aliphatic carbocycles. The van der Waals surface area contributed by atoms with Crippen LogP contribution < -0.4 is 5.32 Å². The summed E-state index contributed by atoms with van der Waals surface area (Å²) in [7, 11) is 0. The molecule has 0 saturated heterocycles. The Morgan fingerprint density at radius 1 is 0.975 bits per heavy atom. The van der Waals surface area contributed by atoms with Gasteiger partial charge in [-0.05, 0) is 44.2 Å². The first-order chi connectivity index (χ1) is 19.8. The Balaban J connectivity index is 1.18. The minimum atomic E-state index is -0.140. The molecule has 2 aliphatic heterocycles. The van der Waals surface area contributed by atoms with E-state index in [1.807, 2.05) is 24.3 Å². The molecule has 0 saturated carbocycles. The quantitative estimate of drug-likeness (QED) is 0.350. The van der Waals surface area contributed by atoms with Crippen LogP contribution in [0.1, 0.15) is 38.5 Å². The second kappa shape index (κ2) is 12.4. The van der Waals surface area contributed by atoms with E-state index in [9.17, 15) is 0 Å². The van der Waals surface area contributed by atoms with Gasteiger partial charge in [0.2, 0.25) is 5.90 Å². The summed E-state index contributed by atoms with van der Waals surface area (Å²) < 4.78 is 28.9. The number of ether oxygens (including phenoxy) is 4. The molecule has 1 N–H and O–H groups in total. The lowest BCUT2D eigenvalue weighted by Gasteiger charge is -2.25. The van der Waals surface area contributed by atoms with Gasteiger partial charge in [-0.15, -0.1) is 0 Å². The van der Waals surface area contributed by atoms with Crippen molar-refractivity contribution in [3.8, 4) is 11.3 Å². The van der Waals surface area contributed by atoms with Gasteiger partial charge in [-0.2, -0.15) is 9.98 Å². The molecule has 1 aromatic carbocycles. The Labute approximate surface area is 233 Å². The van der Waals surface area contributed by atoms with Crippen LogP contribution in [0.5, 0.6) is 0 Å². The normalized spacial score (nSPS) is 19.8. The van der Waals surface area contributed by atoms with Gasteiger partial charge in [-0.3, -0.25) is 0 Å². The first-order valence-electron chi connectivity index (χ1n) is 13.5. The third-order valence-electron chi connectivity index (χ3n) is 6.84. The molecular formula is C32H31N3O5. The summed E-state index contributed by atoms with van der Waals surface area (Å²) in [6.07, 6.45) is 26.4. The van der Waals surface area contributed by atoms with E-state index in [2.05, 4.69) is 51.7 Å². The summed E-state index contributed by atoms with van der Waals surface area (Å²) in [4.78, 5) is 8.87. The fourth-order valence-electron chi connectivity index (χ4n) is 4.87. The molecule has 0 radical (unpaired) electrons. The first-order valence-corrected chi connectivity index (χ1v) is 13.5. The average Bonchev–Trinajstić information content (AvgIpc) is 3.47. The van der Waals surface area contributed by atoms with E-state index in [1.54, 1.807) is 25.0 Å². The topological polar surface area (TPSA) is 87.3 Å². The van der Waals surface area contributed by atoms with Gasteiger partial charge in [-0.25, -0.2) is 0 Å². The molecule has 4 aliphatic rings. The van der Waals surface area contributed by atoms with Gasteiger partial charge < -0.3 is 28.7 Å². The number of oxazole rings is 1. The van der Waals surface area contributed by atoms with Crippen LogP contribution in [0.4, 0.5) is 11.7 Å². The van der Waals surface area contributed by atoms with Crippen molar-refractivity contribution in [3.63, 3.8) is 0 Å². The van der Waals surface area contributed by atoms with E-state index in [1.165, 1.54) is 17.4 Å². The van der Waals surface area contributed by atoms with Crippen molar-refractivity contribution in [2.75, 3.05) is 11.9 Å². The fourth-order valence-corrected chi connectivity index (χ4v) is 4.87. The van der Waals surface area contributed by atoms with Gasteiger partial charge in [0.1, 0.15) is 30.8 Å². The van der Waals surface area contributed by atoms with E-state index in [0.29, 0.717) is 23.8 Å². The Morgan fingerprint density at radius 3 is 2.62 bits per heavy atom.